The maximum atomic E-state index is 12.5. The maximum absolute atomic E-state index is 12.5. The number of rotatable bonds is 6. The minimum Gasteiger partial charge on any atom is -0.497 e. The molecule has 7 heteroatoms. The van der Waals surface area contributed by atoms with E-state index in [0.717, 1.165) is 0 Å². The second-order valence-corrected chi connectivity index (χ2v) is 6.66. The van der Waals surface area contributed by atoms with Crippen molar-refractivity contribution >= 4 is 29.1 Å². The molecule has 2 aromatic carbocycles. The Labute approximate surface area is 163 Å². The molecule has 28 heavy (non-hydrogen) atoms. The Bertz CT molecular complexity index is 852. The highest BCUT2D eigenvalue weighted by Crippen LogP contribution is 2.19. The highest BCUT2D eigenvalue weighted by molar-refractivity contribution is 6.41. The van der Waals surface area contributed by atoms with E-state index in [-0.39, 0.29) is 12.5 Å². The van der Waals surface area contributed by atoms with E-state index in [9.17, 15) is 14.4 Å². The summed E-state index contributed by atoms with van der Waals surface area (Å²) in [7, 11) is 1.57. The van der Waals surface area contributed by atoms with Crippen LogP contribution in [-0.4, -0.2) is 49.4 Å². The van der Waals surface area contributed by atoms with Gasteiger partial charge in [0.2, 0.25) is 5.91 Å². The van der Waals surface area contributed by atoms with Crippen molar-refractivity contribution in [3.05, 3.63) is 54.6 Å². The lowest BCUT2D eigenvalue weighted by molar-refractivity contribution is -0.147. The number of nitrogens with one attached hydrogen (secondary N) is 1. The third-order valence-electron chi connectivity index (χ3n) is 4.68. The number of nitrogens with zero attached hydrogens (tertiary/aromatic N) is 2. The molecule has 0 unspecified atom stereocenters. The Morgan fingerprint density at radius 2 is 1.71 bits per heavy atom. The smallest absolute Gasteiger partial charge is 0.316 e. The fourth-order valence-corrected chi connectivity index (χ4v) is 3.06. The minimum atomic E-state index is -0.584. The number of ether oxygens (including phenoxy) is 1. The number of carbonyl (C=O) groups is 3. The number of para-hydroxylation sites is 1. The second-order valence-electron chi connectivity index (χ2n) is 6.66. The highest BCUT2D eigenvalue weighted by Gasteiger charge is 2.34. The van der Waals surface area contributed by atoms with Crippen LogP contribution in [0.3, 0.4) is 0 Å². The number of piperazine rings is 1. The summed E-state index contributed by atoms with van der Waals surface area (Å²) in [5, 5.41) is 2.82. The Morgan fingerprint density at radius 3 is 2.36 bits per heavy atom. The number of carbonyl (C=O) groups excluding carboxylic acids is 3. The van der Waals surface area contributed by atoms with Gasteiger partial charge in [-0.1, -0.05) is 25.1 Å². The van der Waals surface area contributed by atoms with Gasteiger partial charge in [-0.2, -0.15) is 0 Å². The van der Waals surface area contributed by atoms with Gasteiger partial charge in [0.1, 0.15) is 5.75 Å². The van der Waals surface area contributed by atoms with Gasteiger partial charge >= 0.3 is 11.8 Å². The van der Waals surface area contributed by atoms with Crippen LogP contribution in [0.1, 0.15) is 6.92 Å². The molecule has 2 aromatic rings. The van der Waals surface area contributed by atoms with Gasteiger partial charge in [0.15, 0.2) is 0 Å². The van der Waals surface area contributed by atoms with Gasteiger partial charge in [0.05, 0.1) is 13.0 Å². The summed E-state index contributed by atoms with van der Waals surface area (Å²) < 4.78 is 5.09. The van der Waals surface area contributed by atoms with Crippen molar-refractivity contribution < 1.29 is 19.1 Å². The summed E-state index contributed by atoms with van der Waals surface area (Å²) in [4.78, 5) is 40.3. The molecular weight excluding hydrogens is 358 g/mol. The summed E-state index contributed by atoms with van der Waals surface area (Å²) >= 11 is 0. The minimum absolute atomic E-state index is 0.190. The molecule has 1 aliphatic heterocycles. The van der Waals surface area contributed by atoms with E-state index >= 15 is 0 Å². The Hall–Kier alpha value is -3.35. The predicted octanol–water partition coefficient (Wildman–Crippen LogP) is 2.15. The molecular formula is C21H23N3O4. The highest BCUT2D eigenvalue weighted by atomic mass is 16.5. The number of amides is 3. The maximum Gasteiger partial charge on any atom is 0.316 e. The lowest BCUT2D eigenvalue weighted by Crippen LogP contribution is -2.55. The van der Waals surface area contributed by atoms with E-state index in [1.165, 1.54) is 9.80 Å². The molecule has 1 heterocycles. The molecule has 1 N–H and O–H groups in total. The molecule has 1 saturated heterocycles. The van der Waals surface area contributed by atoms with E-state index in [1.54, 1.807) is 50.4 Å². The Balaban J connectivity index is 1.58. The first-order valence-electron chi connectivity index (χ1n) is 9.10. The largest absolute Gasteiger partial charge is 0.497 e. The van der Waals surface area contributed by atoms with Gasteiger partial charge in [-0.05, 0) is 36.4 Å². The third-order valence-corrected chi connectivity index (χ3v) is 4.68. The SMILES string of the molecule is COc1ccc(NC(=O)[C@H](C)CN2CCN(c3ccccc3)C(=O)C2=O)cc1. The van der Waals surface area contributed by atoms with Crippen molar-refractivity contribution in [2.45, 2.75) is 6.92 Å². The quantitative estimate of drug-likeness (QED) is 0.778. The van der Waals surface area contributed by atoms with Crippen LogP contribution in [0.4, 0.5) is 11.4 Å². The standard InChI is InChI=1S/C21H23N3O4/c1-15(19(25)22-16-8-10-18(28-2)11-9-16)14-23-12-13-24(21(27)20(23)26)17-6-4-3-5-7-17/h3-11,15H,12-14H2,1-2H3,(H,22,25)/t15-/m1/s1. The van der Waals surface area contributed by atoms with E-state index < -0.39 is 17.7 Å². The lowest BCUT2D eigenvalue weighted by Gasteiger charge is -2.34. The van der Waals surface area contributed by atoms with E-state index in [1.807, 2.05) is 18.2 Å². The first-order valence-corrected chi connectivity index (χ1v) is 9.10. The number of hydrogen-bond donors (Lipinski definition) is 1. The van der Waals surface area contributed by atoms with Gasteiger partial charge < -0.3 is 19.9 Å². The molecule has 1 fully saturated rings. The fourth-order valence-electron chi connectivity index (χ4n) is 3.06. The van der Waals surface area contributed by atoms with E-state index in [2.05, 4.69) is 5.32 Å². The number of hydrogen-bond acceptors (Lipinski definition) is 4. The zero-order chi connectivity index (χ0) is 20.1. The average molecular weight is 381 g/mol. The van der Waals surface area contributed by atoms with E-state index in [0.29, 0.717) is 30.2 Å². The Kier molecular flexibility index (Phi) is 5.93. The summed E-state index contributed by atoms with van der Waals surface area (Å²) in [6.07, 6.45) is 0. The van der Waals surface area contributed by atoms with Gasteiger partial charge in [0, 0.05) is 31.0 Å². The molecule has 0 bridgehead atoms. The van der Waals surface area contributed by atoms with Crippen molar-refractivity contribution in [2.75, 3.05) is 37.0 Å². The van der Waals surface area contributed by atoms with Crippen LogP contribution >= 0.6 is 0 Å². The van der Waals surface area contributed by atoms with Crippen molar-refractivity contribution in [3.8, 4) is 5.75 Å². The molecule has 0 spiro atoms. The third kappa shape index (κ3) is 4.31. The lowest BCUT2D eigenvalue weighted by atomic mass is 10.1. The summed E-state index contributed by atoms with van der Waals surface area (Å²) in [5.74, 6) is -1.12. The van der Waals surface area contributed by atoms with Crippen LogP contribution in [0.5, 0.6) is 5.75 Å². The molecule has 0 aliphatic carbocycles. The molecule has 3 rings (SSSR count). The van der Waals surface area contributed by atoms with Crippen LogP contribution in [0, 0.1) is 5.92 Å². The van der Waals surface area contributed by atoms with Crippen LogP contribution in [0.2, 0.25) is 0 Å². The predicted molar refractivity (Wildman–Crippen MR) is 106 cm³/mol. The molecule has 0 aromatic heterocycles. The summed E-state index contributed by atoms with van der Waals surface area (Å²) in [5.41, 5.74) is 1.35. The molecule has 0 saturated carbocycles. The van der Waals surface area contributed by atoms with Gasteiger partial charge in [-0.25, -0.2) is 0 Å². The van der Waals surface area contributed by atoms with Crippen molar-refractivity contribution in [1.82, 2.24) is 4.90 Å². The van der Waals surface area contributed by atoms with Crippen LogP contribution in [0.25, 0.3) is 0 Å². The topological polar surface area (TPSA) is 79.0 Å². The summed E-state index contributed by atoms with van der Waals surface area (Å²) in [6.45, 7) is 2.72. The van der Waals surface area contributed by atoms with Crippen LogP contribution in [-0.2, 0) is 14.4 Å². The molecule has 3 amide bonds. The van der Waals surface area contributed by atoms with Crippen LogP contribution < -0.4 is 15.0 Å². The molecule has 1 aliphatic rings. The van der Waals surface area contributed by atoms with Crippen molar-refractivity contribution in [2.24, 2.45) is 5.92 Å². The fraction of sp³-hybridized carbons (Fsp3) is 0.286. The first kappa shape index (κ1) is 19.4. The van der Waals surface area contributed by atoms with Crippen molar-refractivity contribution in [1.29, 1.82) is 0 Å². The molecule has 0 radical (unpaired) electrons. The van der Waals surface area contributed by atoms with Gasteiger partial charge in [-0.3, -0.25) is 14.4 Å². The van der Waals surface area contributed by atoms with Gasteiger partial charge in [0.25, 0.3) is 0 Å². The number of anilines is 2. The molecule has 1 atom stereocenters. The summed E-state index contributed by atoms with van der Waals surface area (Å²) in [6, 6.07) is 16.1. The van der Waals surface area contributed by atoms with Crippen molar-refractivity contribution in [3.63, 3.8) is 0 Å². The van der Waals surface area contributed by atoms with Crippen LogP contribution in [0.15, 0.2) is 54.6 Å². The number of benzene rings is 2. The first-order chi connectivity index (χ1) is 13.5. The number of methoxy groups -OCH3 is 1. The zero-order valence-corrected chi connectivity index (χ0v) is 15.9. The molecule has 146 valence electrons. The Morgan fingerprint density at radius 1 is 1.04 bits per heavy atom. The normalized spacial score (nSPS) is 15.4. The van der Waals surface area contributed by atoms with Gasteiger partial charge in [-0.15, -0.1) is 0 Å². The zero-order valence-electron chi connectivity index (χ0n) is 15.9. The monoisotopic (exact) mass is 381 g/mol. The average Bonchev–Trinajstić information content (AvgIpc) is 2.72. The molecule has 7 nitrogen and oxygen atoms in total. The second kappa shape index (κ2) is 8.56. The van der Waals surface area contributed by atoms with E-state index in [4.69, 9.17) is 4.74 Å².